The second kappa shape index (κ2) is 12.6. The van der Waals surface area contributed by atoms with Crippen LogP contribution in [0.1, 0.15) is 43.2 Å². The molecule has 16 rings (SSSR count). The van der Waals surface area contributed by atoms with Crippen LogP contribution in [-0.2, 0) is 5.41 Å². The van der Waals surface area contributed by atoms with E-state index in [1.54, 1.807) is 11.1 Å². The summed E-state index contributed by atoms with van der Waals surface area (Å²) in [6.45, 7) is 0. The minimum absolute atomic E-state index is 0.0645. The molecule has 0 unspecified atom stereocenters. The first kappa shape index (κ1) is 34.6. The molecular weight excluding hydrogens is 759 g/mol. The second-order valence-corrected chi connectivity index (χ2v) is 19.5. The Balaban J connectivity index is 1.05. The van der Waals surface area contributed by atoms with Crippen molar-refractivity contribution in [2.45, 2.75) is 37.5 Å². The molecule has 10 aromatic carbocycles. The minimum atomic E-state index is 0.0645. The van der Waals surface area contributed by atoms with Gasteiger partial charge >= 0.3 is 0 Å². The van der Waals surface area contributed by atoms with E-state index in [4.69, 9.17) is 0 Å². The van der Waals surface area contributed by atoms with E-state index in [0.29, 0.717) is 11.8 Å². The molecule has 0 amide bonds. The van der Waals surface area contributed by atoms with Crippen LogP contribution in [0, 0.1) is 23.7 Å². The molecule has 0 atom stereocenters. The lowest BCUT2D eigenvalue weighted by Crippen LogP contribution is -2.55. The number of benzene rings is 10. The molecule has 1 aromatic heterocycles. The summed E-state index contributed by atoms with van der Waals surface area (Å²) in [4.78, 5) is 0. The molecule has 1 heterocycles. The molecule has 4 bridgehead atoms. The van der Waals surface area contributed by atoms with Crippen LogP contribution in [0.2, 0.25) is 0 Å². The zero-order valence-electron chi connectivity index (χ0n) is 35.2. The van der Waals surface area contributed by atoms with Crippen molar-refractivity contribution in [3.8, 4) is 39.1 Å². The van der Waals surface area contributed by atoms with Crippen LogP contribution < -0.4 is 0 Å². The molecule has 298 valence electrons. The normalized spacial score (nSPS) is 22.0. The summed E-state index contributed by atoms with van der Waals surface area (Å²) in [5, 5.41) is 13.1. The third kappa shape index (κ3) is 4.47. The zero-order valence-corrected chi connectivity index (χ0v) is 35.2. The Morgan fingerprint density at radius 2 is 0.889 bits per heavy atom. The monoisotopic (exact) mass is 803 g/mol. The van der Waals surface area contributed by atoms with Gasteiger partial charge in [-0.3, -0.25) is 0 Å². The molecule has 0 N–H and O–H groups in total. The van der Waals surface area contributed by atoms with Gasteiger partial charge in [-0.2, -0.15) is 0 Å². The van der Waals surface area contributed by atoms with Gasteiger partial charge in [0, 0.05) is 27.0 Å². The standard InChI is InChI=1S/C62H45N/c1-2-15-40(16-3-1)57-48-21-8-10-23-50(48)61(51-24-11-9-22-49(51)57)63-55-25-13-12-20-47(55)52-35-42(27-29-56(52)63)58-46-19-7-5-17-41(46)36-54-60(58)59-45-18-6-4-14-39(45)26-28-53(59)62(54)43-31-37-30-38(33-43)34-44(62)32-37/h1-29,35-38,43-44H,30-34H2. The third-order valence-corrected chi connectivity index (χ3v) is 16.7. The van der Waals surface area contributed by atoms with Gasteiger partial charge in [0.05, 0.1) is 16.7 Å². The molecule has 4 fully saturated rings. The van der Waals surface area contributed by atoms with Gasteiger partial charge in [-0.05, 0) is 157 Å². The van der Waals surface area contributed by atoms with Gasteiger partial charge in [-0.15, -0.1) is 0 Å². The van der Waals surface area contributed by atoms with Gasteiger partial charge in [0.25, 0.3) is 0 Å². The predicted octanol–water partition coefficient (Wildman–Crippen LogP) is 16.5. The first-order valence-electron chi connectivity index (χ1n) is 23.4. The molecule has 5 aliphatic carbocycles. The van der Waals surface area contributed by atoms with Crippen molar-refractivity contribution in [1.82, 2.24) is 4.57 Å². The zero-order chi connectivity index (χ0) is 41.0. The summed E-state index contributed by atoms with van der Waals surface area (Å²) in [6.07, 6.45) is 6.97. The van der Waals surface area contributed by atoms with Crippen LogP contribution in [0.25, 0.3) is 104 Å². The van der Waals surface area contributed by atoms with E-state index in [9.17, 15) is 0 Å². The molecule has 4 saturated carbocycles. The van der Waals surface area contributed by atoms with Crippen molar-refractivity contribution in [3.63, 3.8) is 0 Å². The Morgan fingerprint density at radius 3 is 1.59 bits per heavy atom. The van der Waals surface area contributed by atoms with E-state index < -0.39 is 0 Å². The number of rotatable bonds is 3. The van der Waals surface area contributed by atoms with Gasteiger partial charge in [0.2, 0.25) is 0 Å². The molecule has 0 saturated heterocycles. The molecule has 1 spiro atoms. The van der Waals surface area contributed by atoms with E-state index >= 15 is 0 Å². The van der Waals surface area contributed by atoms with Crippen LogP contribution in [0.4, 0.5) is 0 Å². The van der Waals surface area contributed by atoms with Crippen LogP contribution in [0.5, 0.6) is 0 Å². The van der Waals surface area contributed by atoms with E-state index in [-0.39, 0.29) is 5.41 Å². The van der Waals surface area contributed by atoms with E-state index in [0.717, 1.165) is 11.8 Å². The molecule has 63 heavy (non-hydrogen) atoms. The Morgan fingerprint density at radius 1 is 0.333 bits per heavy atom. The number of para-hydroxylation sites is 1. The fraction of sp³-hybridized carbons (Fsp3) is 0.161. The van der Waals surface area contributed by atoms with E-state index in [1.165, 1.54) is 136 Å². The first-order valence-corrected chi connectivity index (χ1v) is 23.4. The summed E-state index contributed by atoms with van der Waals surface area (Å²) in [7, 11) is 0. The third-order valence-electron chi connectivity index (χ3n) is 16.7. The lowest BCUT2D eigenvalue weighted by Gasteiger charge is -2.61. The molecular formula is C62H45N. The maximum Gasteiger partial charge on any atom is 0.0619 e. The highest BCUT2D eigenvalue weighted by Crippen LogP contribution is 2.71. The first-order chi connectivity index (χ1) is 31.2. The van der Waals surface area contributed by atoms with Crippen LogP contribution in [0.15, 0.2) is 188 Å². The largest absolute Gasteiger partial charge is 0.308 e. The average Bonchev–Trinajstić information content (AvgIpc) is 3.81. The smallest absolute Gasteiger partial charge is 0.0619 e. The maximum absolute atomic E-state index is 2.67. The molecule has 0 radical (unpaired) electrons. The second-order valence-electron chi connectivity index (χ2n) is 19.5. The van der Waals surface area contributed by atoms with Crippen LogP contribution in [0.3, 0.4) is 0 Å². The highest BCUT2D eigenvalue weighted by atomic mass is 15.0. The topological polar surface area (TPSA) is 4.93 Å². The number of hydrogen-bond donors (Lipinski definition) is 0. The highest BCUT2D eigenvalue weighted by molar-refractivity contribution is 6.22. The van der Waals surface area contributed by atoms with E-state index in [2.05, 4.69) is 193 Å². The Hall–Kier alpha value is -6.96. The number of fused-ring (bicyclic) bond motifs is 11. The van der Waals surface area contributed by atoms with Crippen molar-refractivity contribution in [2.24, 2.45) is 23.7 Å². The van der Waals surface area contributed by atoms with Gasteiger partial charge in [0.15, 0.2) is 0 Å². The predicted molar refractivity (Wildman–Crippen MR) is 265 cm³/mol. The van der Waals surface area contributed by atoms with Gasteiger partial charge < -0.3 is 4.57 Å². The molecule has 5 aliphatic rings. The Labute approximate surface area is 367 Å². The molecule has 1 nitrogen and oxygen atoms in total. The lowest BCUT2D eigenvalue weighted by molar-refractivity contribution is -0.0398. The van der Waals surface area contributed by atoms with Crippen LogP contribution >= 0.6 is 0 Å². The van der Waals surface area contributed by atoms with Crippen molar-refractivity contribution < 1.29 is 0 Å². The minimum Gasteiger partial charge on any atom is -0.308 e. The van der Waals surface area contributed by atoms with Crippen molar-refractivity contribution in [2.75, 3.05) is 0 Å². The van der Waals surface area contributed by atoms with Crippen molar-refractivity contribution in [3.05, 3.63) is 199 Å². The Bertz CT molecular complexity index is 3670. The number of hydrogen-bond acceptors (Lipinski definition) is 0. The summed E-state index contributed by atoms with van der Waals surface area (Å²) in [5.74, 6) is 3.19. The van der Waals surface area contributed by atoms with Crippen LogP contribution in [-0.4, -0.2) is 4.57 Å². The van der Waals surface area contributed by atoms with Gasteiger partial charge in [-0.1, -0.05) is 164 Å². The molecule has 0 aliphatic heterocycles. The summed E-state index contributed by atoms with van der Waals surface area (Å²) < 4.78 is 2.58. The number of nitrogens with zero attached hydrogens (tertiary/aromatic N) is 1. The summed E-state index contributed by atoms with van der Waals surface area (Å²) in [6, 6.07) is 71.9. The lowest BCUT2D eigenvalue weighted by atomic mass is 9.43. The van der Waals surface area contributed by atoms with Crippen molar-refractivity contribution >= 4 is 64.9 Å². The molecule has 11 aromatic rings. The fourth-order valence-corrected chi connectivity index (χ4v) is 14.7. The molecule has 1 heteroatoms. The fourth-order valence-electron chi connectivity index (χ4n) is 14.7. The summed E-state index contributed by atoms with van der Waals surface area (Å²) in [5.41, 5.74) is 15.3. The van der Waals surface area contributed by atoms with Gasteiger partial charge in [0.1, 0.15) is 0 Å². The maximum atomic E-state index is 2.67. The SMILES string of the molecule is c1ccc(-c2c3ccccc3c(-n3c4ccccc4c4cc(-c5c6c(cc7ccccc57)C5(c7ccc8ccccc8c7-6)C6CC7CC(C6)CC5C7)ccc43)c3ccccc23)cc1. The van der Waals surface area contributed by atoms with Crippen molar-refractivity contribution in [1.29, 1.82) is 0 Å². The Kier molecular flexibility index (Phi) is 6.91. The number of aromatic nitrogens is 1. The summed E-state index contributed by atoms with van der Waals surface area (Å²) >= 11 is 0. The average molecular weight is 804 g/mol. The van der Waals surface area contributed by atoms with E-state index in [1.807, 2.05) is 0 Å². The van der Waals surface area contributed by atoms with Gasteiger partial charge in [-0.25, -0.2) is 0 Å². The highest BCUT2D eigenvalue weighted by Gasteiger charge is 2.62. The quantitative estimate of drug-likeness (QED) is 0.157.